The molecule has 2 amide bonds. The Balaban J connectivity index is 1.94. The van der Waals surface area contributed by atoms with Crippen LogP contribution in [0.1, 0.15) is 44.1 Å². The van der Waals surface area contributed by atoms with E-state index in [2.05, 4.69) is 20.6 Å². The van der Waals surface area contributed by atoms with E-state index in [0.29, 0.717) is 37.4 Å². The first-order valence-electron chi connectivity index (χ1n) is 9.29. The number of aliphatic hydroxyl groups excluding tert-OH is 1. The van der Waals surface area contributed by atoms with Gasteiger partial charge in [-0.25, -0.2) is 4.98 Å². The number of aromatic amines is 1. The number of carbonyl (C=O) groups is 2. The topological polar surface area (TPSA) is 133 Å². The van der Waals surface area contributed by atoms with E-state index in [9.17, 15) is 14.4 Å². The summed E-state index contributed by atoms with van der Waals surface area (Å²) in [5.41, 5.74) is 0.257. The van der Waals surface area contributed by atoms with Gasteiger partial charge in [0.1, 0.15) is 12.4 Å². The van der Waals surface area contributed by atoms with Crippen LogP contribution in [0.2, 0.25) is 0 Å². The van der Waals surface area contributed by atoms with Crippen LogP contribution in [0.25, 0.3) is 0 Å². The number of rotatable bonds is 8. The number of ether oxygens (including phenoxy) is 1. The summed E-state index contributed by atoms with van der Waals surface area (Å²) >= 11 is 0. The van der Waals surface area contributed by atoms with Crippen molar-refractivity contribution in [3.63, 3.8) is 0 Å². The van der Waals surface area contributed by atoms with Gasteiger partial charge in [0.25, 0.3) is 5.56 Å². The summed E-state index contributed by atoms with van der Waals surface area (Å²) in [6, 6.07) is 1.15. The number of aromatic nitrogens is 2. The summed E-state index contributed by atoms with van der Waals surface area (Å²) in [5.74, 6) is -0.298. The first kappa shape index (κ1) is 21.0. The summed E-state index contributed by atoms with van der Waals surface area (Å²) in [4.78, 5) is 42.3. The maximum Gasteiger partial charge on any atom is 0.251 e. The minimum atomic E-state index is -0.566. The molecule has 0 aromatic carbocycles. The summed E-state index contributed by atoms with van der Waals surface area (Å²) in [6.07, 6.45) is 2.26. The Morgan fingerprint density at radius 1 is 1.41 bits per heavy atom. The Kier molecular flexibility index (Phi) is 7.93. The van der Waals surface area contributed by atoms with Crippen molar-refractivity contribution >= 4 is 11.8 Å². The molecule has 0 radical (unpaired) electrons. The Labute approximate surface area is 157 Å². The van der Waals surface area contributed by atoms with E-state index in [1.165, 1.54) is 6.07 Å². The van der Waals surface area contributed by atoms with Crippen molar-refractivity contribution in [2.45, 2.75) is 58.2 Å². The summed E-state index contributed by atoms with van der Waals surface area (Å²) in [5, 5.41) is 14.5. The molecule has 9 heteroatoms. The van der Waals surface area contributed by atoms with Crippen molar-refractivity contribution in [2.24, 2.45) is 5.92 Å². The highest BCUT2D eigenvalue weighted by molar-refractivity contribution is 5.79. The molecule has 1 aliphatic rings. The van der Waals surface area contributed by atoms with Gasteiger partial charge in [-0.05, 0) is 32.6 Å². The van der Waals surface area contributed by atoms with Gasteiger partial charge in [-0.15, -0.1) is 0 Å². The van der Waals surface area contributed by atoms with E-state index in [1.54, 1.807) is 6.92 Å². The lowest BCUT2D eigenvalue weighted by Gasteiger charge is -2.35. The number of hydrogen-bond donors (Lipinski definition) is 4. The minimum absolute atomic E-state index is 0.119. The van der Waals surface area contributed by atoms with Gasteiger partial charge in [-0.3, -0.25) is 14.4 Å². The summed E-state index contributed by atoms with van der Waals surface area (Å²) < 4.78 is 5.83. The molecule has 1 aromatic rings. The van der Waals surface area contributed by atoms with Gasteiger partial charge in [0.2, 0.25) is 11.8 Å². The third kappa shape index (κ3) is 6.44. The lowest BCUT2D eigenvalue weighted by molar-refractivity contribution is -0.130. The third-order valence-corrected chi connectivity index (χ3v) is 4.55. The Bertz CT molecular complexity index is 705. The van der Waals surface area contributed by atoms with Crippen LogP contribution < -0.4 is 16.2 Å². The van der Waals surface area contributed by atoms with E-state index in [-0.39, 0.29) is 36.1 Å². The zero-order valence-corrected chi connectivity index (χ0v) is 15.8. The number of nitrogens with one attached hydrogen (secondary N) is 3. The highest BCUT2D eigenvalue weighted by Gasteiger charge is 2.35. The van der Waals surface area contributed by atoms with Gasteiger partial charge in [-0.1, -0.05) is 6.92 Å². The number of hydrogen-bond acceptors (Lipinski definition) is 6. The standard InChI is InChI=1S/C18H28N4O5/c1-3-6-27-15-7-12(4-5-14(15)22-17(25)10-23)18(26)19-9-13-8-16(24)21-11(2)20-13/h8,12,14-15,23H,3-7,9-10H2,1-2H3,(H,19,26)(H,22,25)(H,20,21,24)/t12-,14+,15+/m0/s1. The molecule has 4 N–H and O–H groups in total. The van der Waals surface area contributed by atoms with Gasteiger partial charge < -0.3 is 25.5 Å². The van der Waals surface area contributed by atoms with Gasteiger partial charge >= 0.3 is 0 Å². The molecule has 9 nitrogen and oxygen atoms in total. The van der Waals surface area contributed by atoms with Gasteiger partial charge in [-0.2, -0.15) is 0 Å². The molecule has 1 aliphatic carbocycles. The highest BCUT2D eigenvalue weighted by Crippen LogP contribution is 2.27. The van der Waals surface area contributed by atoms with Crippen molar-refractivity contribution in [3.8, 4) is 0 Å². The smallest absolute Gasteiger partial charge is 0.251 e. The number of nitrogens with zero attached hydrogens (tertiary/aromatic N) is 1. The Morgan fingerprint density at radius 3 is 2.85 bits per heavy atom. The maximum absolute atomic E-state index is 12.5. The zero-order valence-electron chi connectivity index (χ0n) is 15.8. The predicted octanol–water partition coefficient (Wildman–Crippen LogP) is -0.233. The average molecular weight is 380 g/mol. The maximum atomic E-state index is 12.5. The van der Waals surface area contributed by atoms with E-state index in [4.69, 9.17) is 9.84 Å². The van der Waals surface area contributed by atoms with Crippen LogP contribution in [0.15, 0.2) is 10.9 Å². The second-order valence-electron chi connectivity index (χ2n) is 6.79. The molecule has 1 fully saturated rings. The van der Waals surface area contributed by atoms with E-state index in [1.807, 2.05) is 6.92 Å². The summed E-state index contributed by atoms with van der Waals surface area (Å²) in [7, 11) is 0. The molecule has 0 unspecified atom stereocenters. The molecule has 3 atom stereocenters. The summed E-state index contributed by atoms with van der Waals surface area (Å²) in [6.45, 7) is 3.84. The molecule has 0 spiro atoms. The minimum Gasteiger partial charge on any atom is -0.387 e. The van der Waals surface area contributed by atoms with Crippen molar-refractivity contribution in [3.05, 3.63) is 27.9 Å². The van der Waals surface area contributed by atoms with Crippen LogP contribution in [-0.2, 0) is 20.9 Å². The van der Waals surface area contributed by atoms with E-state index >= 15 is 0 Å². The molecular weight excluding hydrogens is 352 g/mol. The lowest BCUT2D eigenvalue weighted by atomic mass is 9.83. The molecule has 0 bridgehead atoms. The number of aliphatic hydroxyl groups is 1. The molecule has 1 heterocycles. The first-order valence-corrected chi connectivity index (χ1v) is 9.29. The molecule has 0 aliphatic heterocycles. The quantitative estimate of drug-likeness (QED) is 0.492. The number of H-pyrrole nitrogens is 1. The van der Waals surface area contributed by atoms with E-state index < -0.39 is 12.5 Å². The number of aryl methyl sites for hydroxylation is 1. The normalized spacial score (nSPS) is 22.3. The molecular formula is C18H28N4O5. The van der Waals surface area contributed by atoms with Gasteiger partial charge in [0.05, 0.1) is 24.4 Å². The molecule has 1 saturated carbocycles. The van der Waals surface area contributed by atoms with E-state index in [0.717, 1.165) is 6.42 Å². The van der Waals surface area contributed by atoms with Gasteiger partial charge in [0.15, 0.2) is 0 Å². The first-order chi connectivity index (χ1) is 12.9. The van der Waals surface area contributed by atoms with Crippen LogP contribution in [0.5, 0.6) is 0 Å². The fraction of sp³-hybridized carbons (Fsp3) is 0.667. The highest BCUT2D eigenvalue weighted by atomic mass is 16.5. The SMILES string of the molecule is CCCO[C@@H]1C[C@@H](C(=O)NCc2cc(=O)[nH]c(C)n2)CC[C@H]1NC(=O)CO. The van der Waals surface area contributed by atoms with Crippen LogP contribution in [0.3, 0.4) is 0 Å². The molecule has 150 valence electrons. The second-order valence-corrected chi connectivity index (χ2v) is 6.79. The van der Waals surface area contributed by atoms with Crippen molar-refractivity contribution in [2.75, 3.05) is 13.2 Å². The van der Waals surface area contributed by atoms with Crippen molar-refractivity contribution in [1.29, 1.82) is 0 Å². The molecule has 27 heavy (non-hydrogen) atoms. The third-order valence-electron chi connectivity index (χ3n) is 4.55. The lowest BCUT2D eigenvalue weighted by Crippen LogP contribution is -2.50. The van der Waals surface area contributed by atoms with Crippen LogP contribution in [-0.4, -0.2) is 52.2 Å². The number of carbonyl (C=O) groups excluding carboxylic acids is 2. The largest absolute Gasteiger partial charge is 0.387 e. The Morgan fingerprint density at radius 2 is 2.19 bits per heavy atom. The fourth-order valence-electron chi connectivity index (χ4n) is 3.29. The van der Waals surface area contributed by atoms with Gasteiger partial charge in [0, 0.05) is 18.6 Å². The van der Waals surface area contributed by atoms with Crippen LogP contribution in [0, 0.1) is 12.8 Å². The second kappa shape index (κ2) is 10.2. The zero-order chi connectivity index (χ0) is 19.8. The fourth-order valence-corrected chi connectivity index (χ4v) is 3.29. The van der Waals surface area contributed by atoms with Crippen molar-refractivity contribution in [1.82, 2.24) is 20.6 Å². The number of amides is 2. The molecule has 2 rings (SSSR count). The van der Waals surface area contributed by atoms with Crippen LogP contribution in [0.4, 0.5) is 0 Å². The molecule has 0 saturated heterocycles. The van der Waals surface area contributed by atoms with Crippen LogP contribution >= 0.6 is 0 Å². The average Bonchev–Trinajstić information content (AvgIpc) is 2.64. The molecule has 1 aromatic heterocycles. The Hall–Kier alpha value is -2.26. The van der Waals surface area contributed by atoms with Crippen molar-refractivity contribution < 1.29 is 19.4 Å². The predicted molar refractivity (Wildman–Crippen MR) is 97.8 cm³/mol. The monoisotopic (exact) mass is 380 g/mol.